The Morgan fingerprint density at radius 3 is 2.47 bits per heavy atom. The van der Waals surface area contributed by atoms with Crippen molar-refractivity contribution >= 4 is 17.7 Å². The van der Waals surface area contributed by atoms with Gasteiger partial charge in [-0.15, -0.1) is 0 Å². The lowest BCUT2D eigenvalue weighted by Crippen LogP contribution is -2.31. The number of nitrogens with two attached hydrogens (primary N) is 1. The van der Waals surface area contributed by atoms with Crippen LogP contribution in [0.1, 0.15) is 12.8 Å². The van der Waals surface area contributed by atoms with Crippen molar-refractivity contribution in [2.45, 2.75) is 12.8 Å². The van der Waals surface area contributed by atoms with Crippen LogP contribution in [-0.4, -0.2) is 29.2 Å². The smallest absolute Gasteiger partial charge is 0.266 e. The first-order valence-corrected chi connectivity index (χ1v) is 4.72. The molecule has 0 fully saturated rings. The van der Waals surface area contributed by atoms with Crippen molar-refractivity contribution in [1.29, 1.82) is 0 Å². The van der Waals surface area contributed by atoms with Gasteiger partial charge in [-0.25, -0.2) is 0 Å². The third-order valence-corrected chi connectivity index (χ3v) is 1.92. The fraction of sp³-hybridized carbons (Fsp3) is 0.375. The van der Waals surface area contributed by atoms with Gasteiger partial charge in [0.05, 0.1) is 0 Å². The predicted molar refractivity (Wildman–Crippen MR) is 54.0 cm³/mol. The van der Waals surface area contributed by atoms with E-state index in [2.05, 4.69) is 26.6 Å². The fourth-order valence-corrected chi connectivity index (χ4v) is 1.18. The number of carbonyl (C=O) groups excluding carboxylic acids is 3. The van der Waals surface area contributed by atoms with E-state index in [0.717, 1.165) is 4.90 Å². The first-order valence-electron chi connectivity index (χ1n) is 4.72. The third kappa shape index (κ3) is 3.89. The fourth-order valence-electron chi connectivity index (χ4n) is 1.18. The van der Waals surface area contributed by atoms with E-state index in [4.69, 9.17) is 0 Å². The maximum Gasteiger partial charge on any atom is 0.266 e. The normalized spacial score (nSPS) is 15.6. The molecule has 1 heterocycles. The number of hydrogen-bond donors (Lipinski definition) is 1. The van der Waals surface area contributed by atoms with E-state index in [0.29, 0.717) is 6.42 Å². The van der Waals surface area contributed by atoms with Gasteiger partial charge in [0.1, 0.15) is 0 Å². The molecule has 0 aromatic rings. The second-order valence-electron chi connectivity index (χ2n) is 3.05. The van der Waals surface area contributed by atoms with Gasteiger partial charge in [-0.05, 0) is 16.9 Å². The van der Waals surface area contributed by atoms with Crippen LogP contribution in [0.2, 0.25) is 0 Å². The van der Waals surface area contributed by atoms with Gasteiger partial charge in [0, 0.05) is 25.1 Å². The van der Waals surface area contributed by atoms with Gasteiger partial charge >= 0.3 is 0 Å². The van der Waals surface area contributed by atoms with Crippen LogP contribution in [0.25, 0.3) is 0 Å². The van der Waals surface area contributed by atoms with Gasteiger partial charge < -0.3 is 5.84 Å². The second kappa shape index (κ2) is 6.20. The molecule has 1 rings (SSSR count). The number of imide groups is 1. The lowest BCUT2D eigenvalue weighted by molar-refractivity contribution is -0.137. The predicted octanol–water partition coefficient (Wildman–Crippen LogP) is -0.0887. The molecule has 3 amide bonds. The first-order chi connectivity index (χ1) is 8.15. The van der Waals surface area contributed by atoms with Crippen molar-refractivity contribution in [1.82, 2.24) is 4.90 Å². The van der Waals surface area contributed by atoms with Crippen LogP contribution in [0.15, 0.2) is 32.9 Å². The number of nitrogens with zero attached hydrogens (tertiary/aromatic N) is 5. The summed E-state index contributed by atoms with van der Waals surface area (Å²) in [5.41, 5.74) is 0. The van der Waals surface area contributed by atoms with Gasteiger partial charge in [-0.1, -0.05) is 10.3 Å². The number of carbonyl (C=O) groups is 3. The molecule has 0 aliphatic carbocycles. The van der Waals surface area contributed by atoms with Crippen molar-refractivity contribution in [3.05, 3.63) is 12.2 Å². The zero-order chi connectivity index (χ0) is 12.7. The molecule has 0 spiro atoms. The molecule has 1 aliphatic rings. The van der Waals surface area contributed by atoms with Crippen molar-refractivity contribution < 1.29 is 14.4 Å². The van der Waals surface area contributed by atoms with Crippen LogP contribution >= 0.6 is 0 Å². The van der Waals surface area contributed by atoms with E-state index in [1.807, 2.05) is 0 Å². The molecule has 0 unspecified atom stereocenters. The van der Waals surface area contributed by atoms with Crippen LogP contribution in [-0.2, 0) is 14.4 Å². The summed E-state index contributed by atoms with van der Waals surface area (Å²) in [5, 5.41) is 11.9. The minimum atomic E-state index is -0.524. The minimum Gasteiger partial charge on any atom is -0.303 e. The van der Waals surface area contributed by atoms with E-state index >= 15 is 0 Å². The standard InChI is InChI=1S/C8H10N6O3/c9-11-13-12-10-6(15)2-1-5-14-7(16)3-4-8(14)17/h3-4H,1-2,5H2,(H2,9,10,13,15). The molecule has 0 aromatic carbocycles. The molecular weight excluding hydrogens is 228 g/mol. The van der Waals surface area contributed by atoms with Crippen molar-refractivity contribution in [3.8, 4) is 0 Å². The highest BCUT2D eigenvalue weighted by Gasteiger charge is 2.22. The van der Waals surface area contributed by atoms with E-state index in [1.54, 1.807) is 0 Å². The van der Waals surface area contributed by atoms with Gasteiger partial charge in [0.25, 0.3) is 17.7 Å². The summed E-state index contributed by atoms with van der Waals surface area (Å²) < 4.78 is 0. The van der Waals surface area contributed by atoms with Crippen LogP contribution in [0, 0.1) is 0 Å². The summed E-state index contributed by atoms with van der Waals surface area (Å²) >= 11 is 0. The highest BCUT2D eigenvalue weighted by molar-refractivity contribution is 6.12. The van der Waals surface area contributed by atoms with Gasteiger partial charge in [0.2, 0.25) is 0 Å². The highest BCUT2D eigenvalue weighted by atomic mass is 16.2. The molecule has 0 radical (unpaired) electrons. The minimum absolute atomic E-state index is 0.0562. The Hall–Kier alpha value is -2.45. The Kier molecular flexibility index (Phi) is 4.60. The molecule has 17 heavy (non-hydrogen) atoms. The molecular formula is C8H10N6O3. The van der Waals surface area contributed by atoms with Crippen molar-refractivity contribution in [2.75, 3.05) is 6.54 Å². The van der Waals surface area contributed by atoms with Gasteiger partial charge in [-0.2, -0.15) is 0 Å². The molecule has 9 nitrogen and oxygen atoms in total. The molecule has 0 aromatic heterocycles. The molecule has 2 N–H and O–H groups in total. The summed E-state index contributed by atoms with van der Waals surface area (Å²) in [6.07, 6.45) is 2.74. The van der Waals surface area contributed by atoms with Crippen molar-refractivity contribution in [2.24, 2.45) is 26.6 Å². The van der Waals surface area contributed by atoms with Crippen LogP contribution in [0.4, 0.5) is 0 Å². The lowest BCUT2D eigenvalue weighted by Gasteiger charge is -2.11. The summed E-state index contributed by atoms with van der Waals surface area (Å²) in [6, 6.07) is 0. The topological polar surface area (TPSA) is 130 Å². The van der Waals surface area contributed by atoms with E-state index in [9.17, 15) is 14.4 Å². The number of rotatable bonds is 5. The Bertz CT molecular complexity index is 395. The summed E-state index contributed by atoms with van der Waals surface area (Å²) in [6.45, 7) is 0.171. The van der Waals surface area contributed by atoms with E-state index < -0.39 is 5.91 Å². The first kappa shape index (κ1) is 12.6. The average Bonchev–Trinajstić information content (AvgIpc) is 2.61. The molecule has 0 bridgehead atoms. The quantitative estimate of drug-likeness (QED) is 0.310. The van der Waals surface area contributed by atoms with Gasteiger partial charge in [0.15, 0.2) is 0 Å². The molecule has 0 saturated carbocycles. The maximum atomic E-state index is 11.1. The number of amides is 3. The largest absolute Gasteiger partial charge is 0.303 e. The summed E-state index contributed by atoms with van der Waals surface area (Å²) in [5.74, 6) is 3.36. The monoisotopic (exact) mass is 238 g/mol. The van der Waals surface area contributed by atoms with Crippen LogP contribution in [0.3, 0.4) is 0 Å². The second-order valence-corrected chi connectivity index (χ2v) is 3.05. The summed E-state index contributed by atoms with van der Waals surface area (Å²) in [4.78, 5) is 34.3. The van der Waals surface area contributed by atoms with E-state index in [1.165, 1.54) is 12.2 Å². The Morgan fingerprint density at radius 2 is 1.88 bits per heavy atom. The molecule has 1 aliphatic heterocycles. The summed E-state index contributed by atoms with van der Waals surface area (Å²) in [7, 11) is 0. The Balaban J connectivity index is 2.26. The average molecular weight is 238 g/mol. The Morgan fingerprint density at radius 1 is 1.24 bits per heavy atom. The zero-order valence-corrected chi connectivity index (χ0v) is 8.81. The molecule has 0 saturated heterocycles. The van der Waals surface area contributed by atoms with E-state index in [-0.39, 0.29) is 24.8 Å². The zero-order valence-electron chi connectivity index (χ0n) is 8.81. The third-order valence-electron chi connectivity index (χ3n) is 1.92. The van der Waals surface area contributed by atoms with Gasteiger partial charge in [-0.3, -0.25) is 19.3 Å². The van der Waals surface area contributed by atoms with Crippen LogP contribution < -0.4 is 5.84 Å². The molecule has 0 atom stereocenters. The molecule has 9 heteroatoms. The highest BCUT2D eigenvalue weighted by Crippen LogP contribution is 2.05. The molecule has 90 valence electrons. The van der Waals surface area contributed by atoms with Crippen LogP contribution in [0.5, 0.6) is 0 Å². The SMILES string of the molecule is NN=NN=NC(=O)CCCN1C(=O)C=CC1=O. The van der Waals surface area contributed by atoms with Crippen molar-refractivity contribution in [3.63, 3.8) is 0 Å². The lowest BCUT2D eigenvalue weighted by atomic mass is 10.3. The number of hydrogen-bond acceptors (Lipinski definition) is 4. The maximum absolute atomic E-state index is 11.1. The Labute approximate surface area is 96.0 Å².